The van der Waals surface area contributed by atoms with E-state index in [1.807, 2.05) is 42.2 Å². The van der Waals surface area contributed by atoms with E-state index in [0.717, 1.165) is 5.56 Å². The van der Waals surface area contributed by atoms with Crippen molar-refractivity contribution in [1.29, 1.82) is 0 Å². The van der Waals surface area contributed by atoms with E-state index in [0.29, 0.717) is 19.6 Å². The molecule has 1 amide bonds. The van der Waals surface area contributed by atoms with Crippen LogP contribution in [0.5, 0.6) is 0 Å². The molecule has 0 aromatic heterocycles. The Morgan fingerprint density at radius 3 is 2.62 bits per heavy atom. The number of piperazine rings is 1. The van der Waals surface area contributed by atoms with Gasteiger partial charge in [0.05, 0.1) is 6.54 Å². The van der Waals surface area contributed by atoms with E-state index in [1.54, 1.807) is 0 Å². The average molecular weight is 292 g/mol. The minimum absolute atomic E-state index is 0.163. The quantitative estimate of drug-likeness (QED) is 0.908. The van der Waals surface area contributed by atoms with Crippen molar-refractivity contribution in [3.05, 3.63) is 35.9 Å². The summed E-state index contributed by atoms with van der Waals surface area (Å²) in [6.07, 6.45) is -0.458. The van der Waals surface area contributed by atoms with Gasteiger partial charge < -0.3 is 14.7 Å². The van der Waals surface area contributed by atoms with Gasteiger partial charge in [-0.05, 0) is 12.1 Å². The molecule has 114 valence electrons. The molecule has 0 bridgehead atoms. The molecule has 1 saturated heterocycles. The number of benzene rings is 1. The van der Waals surface area contributed by atoms with E-state index < -0.39 is 18.1 Å². The van der Waals surface area contributed by atoms with Crippen LogP contribution in [0.1, 0.15) is 12.5 Å². The fraction of sp³-hybridized carbons (Fsp3) is 0.467. The Morgan fingerprint density at radius 2 is 2.00 bits per heavy atom. The molecule has 21 heavy (non-hydrogen) atoms. The molecular formula is C15H20N2O4. The SMILES string of the molecule is CCN1CCN(C(=O)OCc2ccccc2)CC1C(=O)O. The predicted molar refractivity (Wildman–Crippen MR) is 76.9 cm³/mol. The van der Waals surface area contributed by atoms with E-state index in [9.17, 15) is 14.7 Å². The first-order chi connectivity index (χ1) is 10.1. The molecule has 0 radical (unpaired) electrons. The molecule has 1 aromatic carbocycles. The fourth-order valence-corrected chi connectivity index (χ4v) is 2.41. The van der Waals surface area contributed by atoms with Crippen LogP contribution >= 0.6 is 0 Å². The molecular weight excluding hydrogens is 272 g/mol. The van der Waals surface area contributed by atoms with Gasteiger partial charge in [0, 0.05) is 13.1 Å². The summed E-state index contributed by atoms with van der Waals surface area (Å²) in [5.41, 5.74) is 0.910. The zero-order valence-corrected chi connectivity index (χ0v) is 12.1. The van der Waals surface area contributed by atoms with Gasteiger partial charge in [-0.15, -0.1) is 0 Å². The Labute approximate surface area is 123 Å². The average Bonchev–Trinajstić information content (AvgIpc) is 2.52. The number of hydrogen-bond donors (Lipinski definition) is 1. The molecule has 1 aliphatic heterocycles. The monoisotopic (exact) mass is 292 g/mol. The first kappa shape index (κ1) is 15.3. The third kappa shape index (κ3) is 3.95. The number of carboxylic acid groups (broad SMARTS) is 1. The number of carboxylic acids is 1. The summed E-state index contributed by atoms with van der Waals surface area (Å²) in [4.78, 5) is 26.6. The lowest BCUT2D eigenvalue weighted by Gasteiger charge is -2.38. The maximum absolute atomic E-state index is 12.0. The van der Waals surface area contributed by atoms with Crippen molar-refractivity contribution in [2.45, 2.75) is 19.6 Å². The number of hydrogen-bond acceptors (Lipinski definition) is 4. The van der Waals surface area contributed by atoms with Gasteiger partial charge in [-0.2, -0.15) is 0 Å². The van der Waals surface area contributed by atoms with Gasteiger partial charge >= 0.3 is 12.1 Å². The largest absolute Gasteiger partial charge is 0.480 e. The number of aliphatic carboxylic acids is 1. The molecule has 1 atom stereocenters. The number of nitrogens with zero attached hydrogens (tertiary/aromatic N) is 2. The summed E-state index contributed by atoms with van der Waals surface area (Å²) in [7, 11) is 0. The number of carbonyl (C=O) groups is 2. The fourth-order valence-electron chi connectivity index (χ4n) is 2.41. The maximum Gasteiger partial charge on any atom is 0.410 e. The standard InChI is InChI=1S/C15H20N2O4/c1-2-16-8-9-17(10-13(16)14(18)19)15(20)21-11-12-6-4-3-5-7-12/h3-7,13H,2,8-11H2,1H3,(H,18,19). The second kappa shape index (κ2) is 7.08. The lowest BCUT2D eigenvalue weighted by Crippen LogP contribution is -2.57. The van der Waals surface area contributed by atoms with Crippen LogP contribution in [0.15, 0.2) is 30.3 Å². The van der Waals surface area contributed by atoms with Crippen molar-refractivity contribution in [3.8, 4) is 0 Å². The van der Waals surface area contributed by atoms with Crippen LogP contribution in [0.3, 0.4) is 0 Å². The Bertz CT molecular complexity index is 492. The molecule has 1 fully saturated rings. The summed E-state index contributed by atoms with van der Waals surface area (Å²) in [5, 5.41) is 9.23. The molecule has 1 aromatic rings. The van der Waals surface area contributed by atoms with E-state index in [-0.39, 0.29) is 13.2 Å². The molecule has 2 rings (SSSR count). The van der Waals surface area contributed by atoms with Crippen LogP contribution in [-0.2, 0) is 16.1 Å². The minimum Gasteiger partial charge on any atom is -0.480 e. The highest BCUT2D eigenvalue weighted by Crippen LogP contribution is 2.12. The molecule has 0 saturated carbocycles. The van der Waals surface area contributed by atoms with Crippen molar-refractivity contribution in [1.82, 2.24) is 9.80 Å². The number of amides is 1. The Hall–Kier alpha value is -2.08. The van der Waals surface area contributed by atoms with E-state index in [4.69, 9.17) is 4.74 Å². The smallest absolute Gasteiger partial charge is 0.410 e. The number of carbonyl (C=O) groups excluding carboxylic acids is 1. The van der Waals surface area contributed by atoms with Crippen molar-refractivity contribution < 1.29 is 19.4 Å². The predicted octanol–water partition coefficient (Wildman–Crippen LogP) is 1.41. The summed E-state index contributed by atoms with van der Waals surface area (Å²) in [6.45, 7) is 3.98. The highest BCUT2D eigenvalue weighted by molar-refractivity contribution is 5.76. The first-order valence-corrected chi connectivity index (χ1v) is 7.04. The molecule has 1 N–H and O–H groups in total. The topological polar surface area (TPSA) is 70.1 Å². The molecule has 1 aliphatic rings. The molecule has 0 aliphatic carbocycles. The third-order valence-electron chi connectivity index (χ3n) is 3.65. The minimum atomic E-state index is -0.905. The van der Waals surface area contributed by atoms with Gasteiger partial charge in [0.2, 0.25) is 0 Å². The van der Waals surface area contributed by atoms with Crippen LogP contribution in [0.2, 0.25) is 0 Å². The first-order valence-electron chi connectivity index (χ1n) is 7.04. The van der Waals surface area contributed by atoms with Gasteiger partial charge in [-0.3, -0.25) is 9.69 Å². The highest BCUT2D eigenvalue weighted by Gasteiger charge is 2.33. The van der Waals surface area contributed by atoms with Gasteiger partial charge in [0.25, 0.3) is 0 Å². The zero-order valence-electron chi connectivity index (χ0n) is 12.1. The van der Waals surface area contributed by atoms with Crippen LogP contribution in [0.25, 0.3) is 0 Å². The van der Waals surface area contributed by atoms with Gasteiger partial charge in [-0.25, -0.2) is 4.79 Å². The van der Waals surface area contributed by atoms with Crippen molar-refractivity contribution in [2.24, 2.45) is 0 Å². The molecule has 6 heteroatoms. The summed E-state index contributed by atoms with van der Waals surface area (Å²) < 4.78 is 5.24. The Balaban J connectivity index is 1.89. The lowest BCUT2D eigenvalue weighted by molar-refractivity contribution is -0.145. The van der Waals surface area contributed by atoms with Gasteiger partial charge in [-0.1, -0.05) is 37.3 Å². The molecule has 1 heterocycles. The summed E-state index contributed by atoms with van der Waals surface area (Å²) in [6, 6.07) is 8.75. The van der Waals surface area contributed by atoms with Crippen LogP contribution < -0.4 is 0 Å². The Morgan fingerprint density at radius 1 is 1.29 bits per heavy atom. The van der Waals surface area contributed by atoms with Gasteiger partial charge in [0.1, 0.15) is 12.6 Å². The highest BCUT2D eigenvalue weighted by atomic mass is 16.6. The maximum atomic E-state index is 12.0. The van der Waals surface area contributed by atoms with Crippen molar-refractivity contribution >= 4 is 12.1 Å². The zero-order chi connectivity index (χ0) is 15.2. The third-order valence-corrected chi connectivity index (χ3v) is 3.65. The van der Waals surface area contributed by atoms with Crippen LogP contribution in [0, 0.1) is 0 Å². The summed E-state index contributed by atoms with van der Waals surface area (Å²) in [5.74, 6) is -0.905. The number of rotatable bonds is 4. The molecule has 0 spiro atoms. The van der Waals surface area contributed by atoms with Crippen LogP contribution in [-0.4, -0.2) is 59.2 Å². The van der Waals surface area contributed by atoms with E-state index >= 15 is 0 Å². The lowest BCUT2D eigenvalue weighted by atomic mass is 10.2. The van der Waals surface area contributed by atoms with Crippen molar-refractivity contribution in [3.63, 3.8) is 0 Å². The Kier molecular flexibility index (Phi) is 5.16. The normalized spacial score (nSPS) is 19.3. The second-order valence-electron chi connectivity index (χ2n) is 4.97. The molecule has 6 nitrogen and oxygen atoms in total. The van der Waals surface area contributed by atoms with E-state index in [2.05, 4.69) is 0 Å². The van der Waals surface area contributed by atoms with Crippen LogP contribution in [0.4, 0.5) is 4.79 Å². The number of ether oxygens (including phenoxy) is 1. The summed E-state index contributed by atoms with van der Waals surface area (Å²) >= 11 is 0. The molecule has 1 unspecified atom stereocenters. The second-order valence-corrected chi connectivity index (χ2v) is 4.97. The van der Waals surface area contributed by atoms with E-state index in [1.165, 1.54) is 4.90 Å². The van der Waals surface area contributed by atoms with Gasteiger partial charge in [0.15, 0.2) is 0 Å². The number of likely N-dealkylation sites (N-methyl/N-ethyl adjacent to an activating group) is 1. The van der Waals surface area contributed by atoms with Crippen molar-refractivity contribution in [2.75, 3.05) is 26.2 Å².